The van der Waals surface area contributed by atoms with Crippen molar-refractivity contribution in [3.8, 4) is 11.5 Å². The van der Waals surface area contributed by atoms with Crippen molar-refractivity contribution in [2.24, 2.45) is 0 Å². The van der Waals surface area contributed by atoms with Crippen molar-refractivity contribution in [3.63, 3.8) is 0 Å². The first-order chi connectivity index (χ1) is 10.9. The molecule has 0 aliphatic carbocycles. The molecule has 0 atom stereocenters. The van der Waals surface area contributed by atoms with Crippen LogP contribution in [0.2, 0.25) is 0 Å². The highest BCUT2D eigenvalue weighted by Crippen LogP contribution is 2.37. The van der Waals surface area contributed by atoms with E-state index in [1.54, 1.807) is 37.3 Å². The summed E-state index contributed by atoms with van der Waals surface area (Å²) < 4.78 is 13.4. The van der Waals surface area contributed by atoms with Crippen molar-refractivity contribution >= 4 is 28.1 Å². The van der Waals surface area contributed by atoms with Gasteiger partial charge in [-0.1, -0.05) is 43.9 Å². The quantitative estimate of drug-likeness (QED) is 0.704. The van der Waals surface area contributed by atoms with Gasteiger partial charge in [0, 0.05) is 10.3 Å². The van der Waals surface area contributed by atoms with Gasteiger partial charge in [0.05, 0.1) is 26.1 Å². The average Bonchev–Trinajstić information content (AvgIpc) is 3.05. The Morgan fingerprint density at radius 2 is 1.87 bits per heavy atom. The predicted octanol–water partition coefficient (Wildman–Crippen LogP) is 4.26. The van der Waals surface area contributed by atoms with E-state index < -0.39 is 0 Å². The lowest BCUT2D eigenvalue weighted by Gasteiger charge is -2.13. The van der Waals surface area contributed by atoms with Gasteiger partial charge in [-0.25, -0.2) is 9.50 Å². The van der Waals surface area contributed by atoms with Crippen LogP contribution < -0.4 is 9.47 Å². The number of hydrogen-bond donors (Lipinski definition) is 0. The molecule has 5 nitrogen and oxygen atoms in total. The van der Waals surface area contributed by atoms with E-state index in [2.05, 4.69) is 30.9 Å². The largest absolute Gasteiger partial charge is 0.493 e. The van der Waals surface area contributed by atoms with Crippen molar-refractivity contribution in [2.45, 2.75) is 35.4 Å². The summed E-state index contributed by atoms with van der Waals surface area (Å²) >= 11 is 3.18. The van der Waals surface area contributed by atoms with Gasteiger partial charge in [0.2, 0.25) is 4.96 Å². The van der Waals surface area contributed by atoms with Crippen molar-refractivity contribution in [3.05, 3.63) is 30.1 Å². The molecule has 0 fully saturated rings. The predicted molar refractivity (Wildman–Crippen MR) is 93.2 cm³/mol. The molecule has 0 saturated carbocycles. The van der Waals surface area contributed by atoms with Crippen LogP contribution in [0.4, 0.5) is 0 Å². The monoisotopic (exact) mass is 349 g/mol. The second kappa shape index (κ2) is 6.05. The summed E-state index contributed by atoms with van der Waals surface area (Å²) in [5, 5.41) is 4.60. The number of methoxy groups -OCH3 is 2. The molecule has 23 heavy (non-hydrogen) atoms. The van der Waals surface area contributed by atoms with Gasteiger partial charge in [0.1, 0.15) is 0 Å². The Morgan fingerprint density at radius 1 is 1.13 bits per heavy atom. The van der Waals surface area contributed by atoms with E-state index in [9.17, 15) is 0 Å². The third-order valence-electron chi connectivity index (χ3n) is 3.35. The fourth-order valence-electron chi connectivity index (χ4n) is 2.07. The molecule has 0 radical (unpaired) electrons. The van der Waals surface area contributed by atoms with Crippen molar-refractivity contribution in [1.82, 2.24) is 14.6 Å². The Kier molecular flexibility index (Phi) is 4.25. The number of imidazole rings is 1. The zero-order valence-electron chi connectivity index (χ0n) is 13.8. The minimum absolute atomic E-state index is 0.0318. The summed E-state index contributed by atoms with van der Waals surface area (Å²) in [7, 11) is 3.27. The zero-order valence-corrected chi connectivity index (χ0v) is 15.4. The van der Waals surface area contributed by atoms with E-state index in [4.69, 9.17) is 9.47 Å². The molecule has 0 bridgehead atoms. The van der Waals surface area contributed by atoms with Crippen LogP contribution in [0, 0.1) is 0 Å². The highest BCUT2D eigenvalue weighted by Gasteiger charge is 2.19. The van der Waals surface area contributed by atoms with E-state index in [1.807, 2.05) is 28.9 Å². The molecule has 122 valence electrons. The van der Waals surface area contributed by atoms with Crippen molar-refractivity contribution in [1.29, 1.82) is 0 Å². The number of aromatic nitrogens is 3. The smallest absolute Gasteiger partial charge is 0.213 e. The fraction of sp³-hybridized carbons (Fsp3) is 0.375. The first-order valence-corrected chi connectivity index (χ1v) is 8.80. The maximum Gasteiger partial charge on any atom is 0.213 e. The molecular formula is C16H19N3O2S2. The van der Waals surface area contributed by atoms with E-state index >= 15 is 0 Å². The fourth-order valence-corrected chi connectivity index (χ4v) is 3.99. The standard InChI is InChI=1S/C16H19N3O2S2/c1-16(2,3)13-9-19-14(17-13)23-15(18-19)22-10-6-7-11(20-4)12(8-10)21-5/h6-9H,1-5H3. The minimum Gasteiger partial charge on any atom is -0.493 e. The summed E-state index contributed by atoms with van der Waals surface area (Å²) in [4.78, 5) is 6.63. The Bertz CT molecular complexity index is 802. The zero-order chi connectivity index (χ0) is 16.6. The third kappa shape index (κ3) is 3.30. The van der Waals surface area contributed by atoms with Crippen LogP contribution in [0.25, 0.3) is 4.96 Å². The molecule has 0 amide bonds. The topological polar surface area (TPSA) is 48.7 Å². The SMILES string of the molecule is COc1ccc(Sc2nn3cc(C(C)(C)C)nc3s2)cc1OC. The lowest BCUT2D eigenvalue weighted by Crippen LogP contribution is -2.11. The number of ether oxygens (including phenoxy) is 2. The van der Waals surface area contributed by atoms with Gasteiger partial charge in [-0.3, -0.25) is 0 Å². The van der Waals surface area contributed by atoms with Gasteiger partial charge in [-0.05, 0) is 18.2 Å². The molecular weight excluding hydrogens is 330 g/mol. The third-order valence-corrected chi connectivity index (χ3v) is 5.32. The van der Waals surface area contributed by atoms with Crippen LogP contribution in [0.3, 0.4) is 0 Å². The summed E-state index contributed by atoms with van der Waals surface area (Å²) in [5.74, 6) is 1.44. The van der Waals surface area contributed by atoms with Gasteiger partial charge in [-0.15, -0.1) is 5.10 Å². The molecule has 3 rings (SSSR count). The molecule has 2 aromatic heterocycles. The molecule has 7 heteroatoms. The first-order valence-electron chi connectivity index (χ1n) is 7.17. The van der Waals surface area contributed by atoms with Crippen molar-refractivity contribution < 1.29 is 9.47 Å². The maximum atomic E-state index is 5.34. The molecule has 0 saturated heterocycles. The molecule has 3 aromatic rings. The Balaban J connectivity index is 1.85. The Morgan fingerprint density at radius 3 is 2.48 bits per heavy atom. The van der Waals surface area contributed by atoms with Gasteiger partial charge in [-0.2, -0.15) is 0 Å². The van der Waals surface area contributed by atoms with E-state index in [0.29, 0.717) is 5.75 Å². The number of rotatable bonds is 4. The van der Waals surface area contributed by atoms with Gasteiger partial charge < -0.3 is 9.47 Å². The second-order valence-electron chi connectivity index (χ2n) is 6.09. The molecule has 0 N–H and O–H groups in total. The summed E-state index contributed by atoms with van der Waals surface area (Å²) in [6.07, 6.45) is 2.00. The highest BCUT2D eigenvalue weighted by atomic mass is 32.2. The number of hydrogen-bond acceptors (Lipinski definition) is 6. The second-order valence-corrected chi connectivity index (χ2v) is 8.37. The Hall–Kier alpha value is -1.73. The van der Waals surface area contributed by atoms with Crippen LogP contribution in [0.5, 0.6) is 11.5 Å². The van der Waals surface area contributed by atoms with E-state index in [-0.39, 0.29) is 5.41 Å². The van der Waals surface area contributed by atoms with Gasteiger partial charge in [0.25, 0.3) is 0 Å². The van der Waals surface area contributed by atoms with E-state index in [1.165, 1.54) is 0 Å². The highest BCUT2D eigenvalue weighted by molar-refractivity contribution is 8.01. The van der Waals surface area contributed by atoms with Crippen LogP contribution in [-0.4, -0.2) is 28.8 Å². The van der Waals surface area contributed by atoms with Gasteiger partial charge in [0.15, 0.2) is 15.8 Å². The number of benzene rings is 1. The lowest BCUT2D eigenvalue weighted by molar-refractivity contribution is 0.354. The van der Waals surface area contributed by atoms with Crippen LogP contribution in [-0.2, 0) is 5.41 Å². The van der Waals surface area contributed by atoms with Crippen molar-refractivity contribution in [2.75, 3.05) is 14.2 Å². The first kappa shape index (κ1) is 16.1. The molecule has 2 heterocycles. The van der Waals surface area contributed by atoms with Crippen LogP contribution >= 0.6 is 23.1 Å². The minimum atomic E-state index is 0.0318. The van der Waals surface area contributed by atoms with E-state index in [0.717, 1.165) is 25.6 Å². The van der Waals surface area contributed by atoms with Crippen LogP contribution in [0.1, 0.15) is 26.5 Å². The molecule has 1 aromatic carbocycles. The maximum absolute atomic E-state index is 5.34. The Labute approximate surface area is 143 Å². The molecule has 0 aliphatic heterocycles. The summed E-state index contributed by atoms with van der Waals surface area (Å²) in [6.45, 7) is 6.45. The lowest BCUT2D eigenvalue weighted by atomic mass is 9.93. The van der Waals surface area contributed by atoms with Crippen LogP contribution in [0.15, 0.2) is 33.6 Å². The normalized spacial score (nSPS) is 11.9. The number of nitrogens with zero attached hydrogens (tertiary/aromatic N) is 3. The molecule has 0 aliphatic rings. The summed E-state index contributed by atoms with van der Waals surface area (Å²) in [6, 6.07) is 5.85. The average molecular weight is 349 g/mol. The summed E-state index contributed by atoms with van der Waals surface area (Å²) in [5.41, 5.74) is 1.09. The van der Waals surface area contributed by atoms with Gasteiger partial charge >= 0.3 is 0 Å². The molecule has 0 spiro atoms. The number of fused-ring (bicyclic) bond motifs is 1. The molecule has 0 unspecified atom stereocenters.